The number of ether oxygens (including phenoxy) is 1. The molecule has 0 aliphatic carbocycles. The van der Waals surface area contributed by atoms with Crippen LogP contribution in [0, 0.1) is 13.8 Å². The van der Waals surface area contributed by atoms with Crippen molar-refractivity contribution in [2.75, 3.05) is 31.3 Å². The van der Waals surface area contributed by atoms with Crippen LogP contribution in [0.25, 0.3) is 0 Å². The zero-order valence-corrected chi connectivity index (χ0v) is 11.6. The van der Waals surface area contributed by atoms with Crippen molar-refractivity contribution in [1.29, 1.82) is 0 Å². The van der Waals surface area contributed by atoms with Gasteiger partial charge in [-0.2, -0.15) is 5.10 Å². The smallest absolute Gasteiger partial charge is 0.174 e. The minimum absolute atomic E-state index is 0.0151. The standard InChI is InChI=1S/C12H19N5O3/c1-7-8(2)14-15-12(10(7)11(13)16-19)17-3-4-20-6-9(17)5-18/h9,18-19H,3-6H2,1-2H3,(H2,13,16). The Bertz CT molecular complexity index is 520. The summed E-state index contributed by atoms with van der Waals surface area (Å²) in [6.45, 7) is 5.08. The van der Waals surface area contributed by atoms with Gasteiger partial charge in [0.25, 0.3) is 0 Å². The normalized spacial score (nSPS) is 20.2. The Labute approximate surface area is 116 Å². The second kappa shape index (κ2) is 6.02. The van der Waals surface area contributed by atoms with Crippen LogP contribution in [0.1, 0.15) is 16.8 Å². The van der Waals surface area contributed by atoms with Crippen LogP contribution in [0.3, 0.4) is 0 Å². The maximum Gasteiger partial charge on any atom is 0.174 e. The number of nitrogens with two attached hydrogens (primary N) is 1. The highest BCUT2D eigenvalue weighted by Crippen LogP contribution is 2.25. The van der Waals surface area contributed by atoms with Crippen LogP contribution in [0.5, 0.6) is 0 Å². The third kappa shape index (κ3) is 2.52. The predicted octanol–water partition coefficient (Wildman–Crippen LogP) is -0.615. The average molecular weight is 281 g/mol. The molecule has 0 bridgehead atoms. The molecular weight excluding hydrogens is 262 g/mol. The zero-order valence-electron chi connectivity index (χ0n) is 11.6. The summed E-state index contributed by atoms with van der Waals surface area (Å²) in [5, 5.41) is 29.8. The molecule has 20 heavy (non-hydrogen) atoms. The Kier molecular flexibility index (Phi) is 4.35. The second-order valence-corrected chi connectivity index (χ2v) is 4.70. The molecule has 1 aromatic heterocycles. The van der Waals surface area contributed by atoms with Crippen molar-refractivity contribution in [2.24, 2.45) is 10.9 Å². The molecule has 8 heteroatoms. The monoisotopic (exact) mass is 281 g/mol. The predicted molar refractivity (Wildman–Crippen MR) is 73.1 cm³/mol. The van der Waals surface area contributed by atoms with Crippen molar-refractivity contribution in [1.82, 2.24) is 10.2 Å². The second-order valence-electron chi connectivity index (χ2n) is 4.70. The Hall–Kier alpha value is -1.93. The van der Waals surface area contributed by atoms with Gasteiger partial charge in [0.1, 0.15) is 0 Å². The third-order valence-corrected chi connectivity index (χ3v) is 3.51. The van der Waals surface area contributed by atoms with Crippen molar-refractivity contribution >= 4 is 11.7 Å². The lowest BCUT2D eigenvalue weighted by Crippen LogP contribution is -2.49. The number of morpholine rings is 1. The number of aliphatic hydroxyl groups excluding tert-OH is 1. The first-order valence-corrected chi connectivity index (χ1v) is 6.37. The highest BCUT2D eigenvalue weighted by Gasteiger charge is 2.28. The molecule has 8 nitrogen and oxygen atoms in total. The van der Waals surface area contributed by atoms with Gasteiger partial charge in [-0.1, -0.05) is 5.16 Å². The Morgan fingerprint density at radius 2 is 2.25 bits per heavy atom. The van der Waals surface area contributed by atoms with E-state index in [0.717, 1.165) is 5.56 Å². The van der Waals surface area contributed by atoms with E-state index in [9.17, 15) is 5.11 Å². The van der Waals surface area contributed by atoms with E-state index in [-0.39, 0.29) is 18.5 Å². The summed E-state index contributed by atoms with van der Waals surface area (Å²) in [5.41, 5.74) is 7.82. The Morgan fingerprint density at radius 3 is 2.90 bits per heavy atom. The molecule has 0 spiro atoms. The van der Waals surface area contributed by atoms with Crippen molar-refractivity contribution in [3.05, 3.63) is 16.8 Å². The molecule has 0 aromatic carbocycles. The molecule has 1 saturated heterocycles. The summed E-state index contributed by atoms with van der Waals surface area (Å²) < 4.78 is 5.34. The summed E-state index contributed by atoms with van der Waals surface area (Å²) >= 11 is 0. The molecule has 2 rings (SSSR count). The fraction of sp³-hybridized carbons (Fsp3) is 0.583. The molecule has 1 unspecified atom stereocenters. The largest absolute Gasteiger partial charge is 0.409 e. The Balaban J connectivity index is 2.52. The molecule has 0 amide bonds. The van der Waals surface area contributed by atoms with Crippen LogP contribution in [0.15, 0.2) is 5.16 Å². The summed E-state index contributed by atoms with van der Waals surface area (Å²) in [4.78, 5) is 1.89. The summed E-state index contributed by atoms with van der Waals surface area (Å²) in [6, 6.07) is -0.217. The highest BCUT2D eigenvalue weighted by atomic mass is 16.5. The number of amidine groups is 1. The van der Waals surface area contributed by atoms with Crippen LogP contribution in [0.4, 0.5) is 5.82 Å². The van der Waals surface area contributed by atoms with Gasteiger partial charge >= 0.3 is 0 Å². The lowest BCUT2D eigenvalue weighted by atomic mass is 10.1. The lowest BCUT2D eigenvalue weighted by Gasteiger charge is -2.36. The Morgan fingerprint density at radius 1 is 1.50 bits per heavy atom. The number of hydrogen-bond acceptors (Lipinski definition) is 7. The van der Waals surface area contributed by atoms with Crippen molar-refractivity contribution in [2.45, 2.75) is 19.9 Å². The quantitative estimate of drug-likeness (QED) is 0.293. The molecule has 1 fully saturated rings. The molecule has 110 valence electrons. The number of aryl methyl sites for hydroxylation is 1. The van der Waals surface area contributed by atoms with Crippen LogP contribution >= 0.6 is 0 Å². The van der Waals surface area contributed by atoms with Gasteiger partial charge in [-0.05, 0) is 19.4 Å². The number of anilines is 1. The molecule has 1 aliphatic heterocycles. The summed E-state index contributed by atoms with van der Waals surface area (Å²) in [6.07, 6.45) is 0. The molecule has 0 saturated carbocycles. The van der Waals surface area contributed by atoms with Crippen LogP contribution in [0.2, 0.25) is 0 Å². The molecule has 1 atom stereocenters. The first-order chi connectivity index (χ1) is 9.60. The number of oxime groups is 1. The van der Waals surface area contributed by atoms with Gasteiger partial charge in [0.15, 0.2) is 11.7 Å². The minimum atomic E-state index is -0.217. The van der Waals surface area contributed by atoms with E-state index in [1.807, 2.05) is 18.7 Å². The summed E-state index contributed by atoms with van der Waals surface area (Å²) in [5.74, 6) is 0.490. The molecule has 2 heterocycles. The van der Waals surface area contributed by atoms with Gasteiger partial charge in [-0.25, -0.2) is 0 Å². The van der Waals surface area contributed by atoms with E-state index in [1.165, 1.54) is 0 Å². The van der Waals surface area contributed by atoms with Crippen LogP contribution in [-0.4, -0.2) is 58.8 Å². The van der Waals surface area contributed by atoms with Crippen molar-refractivity contribution in [3.8, 4) is 0 Å². The number of aromatic nitrogens is 2. The van der Waals surface area contributed by atoms with Gasteiger partial charge in [-0.3, -0.25) is 0 Å². The third-order valence-electron chi connectivity index (χ3n) is 3.51. The lowest BCUT2D eigenvalue weighted by molar-refractivity contribution is 0.0721. The number of aliphatic hydroxyl groups is 1. The van der Waals surface area contributed by atoms with E-state index in [1.54, 1.807) is 0 Å². The van der Waals surface area contributed by atoms with Crippen LogP contribution in [-0.2, 0) is 4.74 Å². The van der Waals surface area contributed by atoms with Gasteiger partial charge in [-0.15, -0.1) is 5.10 Å². The van der Waals surface area contributed by atoms with E-state index < -0.39 is 0 Å². The van der Waals surface area contributed by atoms with Gasteiger partial charge in [0.2, 0.25) is 0 Å². The van der Waals surface area contributed by atoms with Gasteiger partial charge in [0, 0.05) is 6.54 Å². The van der Waals surface area contributed by atoms with E-state index in [0.29, 0.717) is 36.8 Å². The zero-order chi connectivity index (χ0) is 14.7. The molecule has 1 aliphatic rings. The van der Waals surface area contributed by atoms with Crippen molar-refractivity contribution < 1.29 is 15.1 Å². The highest BCUT2D eigenvalue weighted by molar-refractivity contribution is 6.02. The average Bonchev–Trinajstić information content (AvgIpc) is 2.49. The van der Waals surface area contributed by atoms with E-state index in [4.69, 9.17) is 15.7 Å². The first-order valence-electron chi connectivity index (χ1n) is 6.37. The first kappa shape index (κ1) is 14.5. The maximum atomic E-state index is 9.45. The number of rotatable bonds is 3. The number of hydrogen-bond donors (Lipinski definition) is 3. The SMILES string of the molecule is Cc1nnc(N2CCOCC2CO)c(C(N)=NO)c1C. The molecule has 0 radical (unpaired) electrons. The van der Waals surface area contributed by atoms with E-state index >= 15 is 0 Å². The number of nitrogens with zero attached hydrogens (tertiary/aromatic N) is 4. The fourth-order valence-electron chi connectivity index (χ4n) is 2.24. The topological polar surface area (TPSA) is 117 Å². The fourth-order valence-corrected chi connectivity index (χ4v) is 2.24. The summed E-state index contributed by atoms with van der Waals surface area (Å²) in [7, 11) is 0. The van der Waals surface area contributed by atoms with Crippen LogP contribution < -0.4 is 10.6 Å². The van der Waals surface area contributed by atoms with Crippen molar-refractivity contribution in [3.63, 3.8) is 0 Å². The molecular formula is C12H19N5O3. The maximum absolute atomic E-state index is 9.45. The van der Waals surface area contributed by atoms with Gasteiger partial charge < -0.3 is 25.7 Å². The molecule has 4 N–H and O–H groups in total. The van der Waals surface area contributed by atoms with E-state index in [2.05, 4.69) is 15.4 Å². The minimum Gasteiger partial charge on any atom is -0.409 e. The molecule has 1 aromatic rings. The van der Waals surface area contributed by atoms with Gasteiger partial charge in [0.05, 0.1) is 37.1 Å².